The van der Waals surface area contributed by atoms with E-state index in [-0.39, 0.29) is 0 Å². The van der Waals surface area contributed by atoms with Gasteiger partial charge in [0.25, 0.3) is 0 Å². The maximum atomic E-state index is 5.00. The zero-order valence-electron chi connectivity index (χ0n) is 13.7. The largest absolute Gasteiger partial charge is 0.383 e. The van der Waals surface area contributed by atoms with E-state index in [1.807, 2.05) is 0 Å². The Morgan fingerprint density at radius 2 is 1.57 bits per heavy atom. The van der Waals surface area contributed by atoms with Crippen molar-refractivity contribution in [2.75, 3.05) is 26.8 Å². The first-order valence-electron chi connectivity index (χ1n) is 8.37. The maximum absolute atomic E-state index is 5.00. The molecule has 0 bridgehead atoms. The number of nitrogens with zero attached hydrogens (tertiary/aromatic N) is 2. The molecule has 0 amide bonds. The second kappa shape index (κ2) is 13.2. The summed E-state index contributed by atoms with van der Waals surface area (Å²) in [6, 6.07) is 0. The summed E-state index contributed by atoms with van der Waals surface area (Å²) in [5, 5.41) is 14.4. The van der Waals surface area contributed by atoms with Gasteiger partial charge in [-0.3, -0.25) is 0 Å². The third-order valence-corrected chi connectivity index (χ3v) is 4.52. The lowest BCUT2D eigenvalue weighted by Gasteiger charge is -2.01. The zero-order chi connectivity index (χ0) is 15.2. The van der Waals surface area contributed by atoms with Crippen LogP contribution >= 0.6 is 11.3 Å². The first-order chi connectivity index (χ1) is 10.4. The maximum Gasteiger partial charge on any atom is 0.117 e. The number of unbranched alkanes of at least 4 members (excludes halogenated alkanes) is 5. The minimum Gasteiger partial charge on any atom is -0.383 e. The topological polar surface area (TPSA) is 47.0 Å². The van der Waals surface area contributed by atoms with Gasteiger partial charge in [0, 0.05) is 26.5 Å². The van der Waals surface area contributed by atoms with Crippen LogP contribution in [0.25, 0.3) is 0 Å². The highest BCUT2D eigenvalue weighted by molar-refractivity contribution is 7.11. The van der Waals surface area contributed by atoms with Crippen molar-refractivity contribution >= 4 is 11.3 Å². The molecule has 0 spiro atoms. The monoisotopic (exact) mass is 313 g/mol. The average molecular weight is 314 g/mol. The van der Waals surface area contributed by atoms with E-state index < -0.39 is 0 Å². The van der Waals surface area contributed by atoms with Crippen LogP contribution in [0.15, 0.2) is 0 Å². The van der Waals surface area contributed by atoms with Crippen molar-refractivity contribution in [3.05, 3.63) is 10.0 Å². The molecule has 1 heterocycles. The molecule has 1 N–H and O–H groups in total. The second-order valence-corrected chi connectivity index (χ2v) is 6.60. The molecule has 0 saturated heterocycles. The van der Waals surface area contributed by atoms with Gasteiger partial charge >= 0.3 is 0 Å². The summed E-state index contributed by atoms with van der Waals surface area (Å²) < 4.78 is 5.00. The first kappa shape index (κ1) is 18.5. The summed E-state index contributed by atoms with van der Waals surface area (Å²) in [5.41, 5.74) is 0. The van der Waals surface area contributed by atoms with Crippen LogP contribution in [0.1, 0.15) is 61.9 Å². The van der Waals surface area contributed by atoms with E-state index in [9.17, 15) is 0 Å². The Morgan fingerprint density at radius 3 is 2.29 bits per heavy atom. The Balaban J connectivity index is 2.01. The van der Waals surface area contributed by atoms with E-state index in [1.165, 1.54) is 48.5 Å². The fraction of sp³-hybridized carbons (Fsp3) is 0.875. The van der Waals surface area contributed by atoms with Gasteiger partial charge in [-0.25, -0.2) is 0 Å². The van der Waals surface area contributed by atoms with Gasteiger partial charge in [-0.2, -0.15) is 0 Å². The van der Waals surface area contributed by atoms with Gasteiger partial charge in [0.2, 0.25) is 0 Å². The zero-order valence-corrected chi connectivity index (χ0v) is 14.5. The molecule has 0 radical (unpaired) electrons. The minimum atomic E-state index is 0.779. The molecule has 0 atom stereocenters. The van der Waals surface area contributed by atoms with Gasteiger partial charge in [-0.1, -0.05) is 39.0 Å². The summed E-state index contributed by atoms with van der Waals surface area (Å²) in [6.07, 6.45) is 11.3. The van der Waals surface area contributed by atoms with Gasteiger partial charge in [0.1, 0.15) is 10.0 Å². The van der Waals surface area contributed by atoms with Crippen LogP contribution in [-0.4, -0.2) is 37.0 Å². The lowest BCUT2D eigenvalue weighted by Crippen LogP contribution is -2.20. The molecule has 0 aliphatic heterocycles. The quantitative estimate of drug-likeness (QED) is 0.533. The Kier molecular flexibility index (Phi) is 11.6. The number of aromatic nitrogens is 2. The van der Waals surface area contributed by atoms with E-state index in [0.29, 0.717) is 0 Å². The smallest absolute Gasteiger partial charge is 0.117 e. The van der Waals surface area contributed by atoms with Gasteiger partial charge in [-0.15, -0.1) is 21.5 Å². The Labute approximate surface area is 133 Å². The number of rotatable bonds is 14. The van der Waals surface area contributed by atoms with E-state index >= 15 is 0 Å². The third-order valence-electron chi connectivity index (χ3n) is 3.48. The Hall–Kier alpha value is -0.520. The molecular weight excluding hydrogens is 282 g/mol. The van der Waals surface area contributed by atoms with Crippen LogP contribution < -0.4 is 5.32 Å². The SMILES string of the molecule is CCCCCCCCc1nnc(CCCNCCOC)s1. The first-order valence-corrected chi connectivity index (χ1v) is 9.19. The fourth-order valence-electron chi connectivity index (χ4n) is 2.21. The highest BCUT2D eigenvalue weighted by Gasteiger charge is 2.04. The third kappa shape index (κ3) is 9.93. The van der Waals surface area contributed by atoms with Gasteiger partial charge in [0.05, 0.1) is 6.61 Å². The minimum absolute atomic E-state index is 0.779. The summed E-state index contributed by atoms with van der Waals surface area (Å²) >= 11 is 1.79. The number of nitrogens with one attached hydrogen (secondary N) is 1. The highest BCUT2D eigenvalue weighted by Crippen LogP contribution is 2.15. The van der Waals surface area contributed by atoms with Crippen LogP contribution in [0.4, 0.5) is 0 Å². The van der Waals surface area contributed by atoms with Crippen LogP contribution in [0.2, 0.25) is 0 Å². The predicted molar refractivity (Wildman–Crippen MR) is 90.1 cm³/mol. The number of methoxy groups -OCH3 is 1. The fourth-order valence-corrected chi connectivity index (χ4v) is 3.14. The van der Waals surface area contributed by atoms with E-state index in [0.717, 1.165) is 39.0 Å². The molecule has 122 valence electrons. The summed E-state index contributed by atoms with van der Waals surface area (Å²) in [7, 11) is 1.73. The predicted octanol–water partition coefficient (Wildman–Crippen LogP) is 3.61. The normalized spacial score (nSPS) is 11.1. The molecule has 0 aliphatic carbocycles. The van der Waals surface area contributed by atoms with Crippen molar-refractivity contribution in [3.8, 4) is 0 Å². The number of aryl methyl sites for hydroxylation is 2. The van der Waals surface area contributed by atoms with E-state index in [1.54, 1.807) is 18.4 Å². The molecule has 0 aromatic carbocycles. The Bertz CT molecular complexity index is 314. The van der Waals surface area contributed by atoms with Crippen molar-refractivity contribution < 1.29 is 4.74 Å². The van der Waals surface area contributed by atoms with Crippen molar-refractivity contribution in [1.82, 2.24) is 15.5 Å². The highest BCUT2D eigenvalue weighted by atomic mass is 32.1. The number of hydrogen-bond donors (Lipinski definition) is 1. The van der Waals surface area contributed by atoms with Crippen molar-refractivity contribution in [1.29, 1.82) is 0 Å². The summed E-state index contributed by atoms with van der Waals surface area (Å²) in [6.45, 7) is 4.99. The Morgan fingerprint density at radius 1 is 0.905 bits per heavy atom. The molecule has 0 saturated carbocycles. The molecule has 1 aromatic rings. The molecular formula is C16H31N3OS. The molecule has 4 nitrogen and oxygen atoms in total. The standard InChI is InChI=1S/C16H31N3OS/c1-3-4-5-6-7-8-10-15-18-19-16(21-15)11-9-12-17-13-14-20-2/h17H,3-14H2,1-2H3. The molecule has 5 heteroatoms. The van der Waals surface area contributed by atoms with Crippen LogP contribution in [0, 0.1) is 0 Å². The molecule has 1 aromatic heterocycles. The van der Waals surface area contributed by atoms with Crippen LogP contribution in [0.3, 0.4) is 0 Å². The van der Waals surface area contributed by atoms with Crippen LogP contribution in [-0.2, 0) is 17.6 Å². The summed E-state index contributed by atoms with van der Waals surface area (Å²) in [4.78, 5) is 0. The van der Waals surface area contributed by atoms with Crippen molar-refractivity contribution in [2.45, 2.75) is 64.7 Å². The summed E-state index contributed by atoms with van der Waals surface area (Å²) in [5.74, 6) is 0. The van der Waals surface area contributed by atoms with Gasteiger partial charge < -0.3 is 10.1 Å². The lowest BCUT2D eigenvalue weighted by molar-refractivity contribution is 0.199. The van der Waals surface area contributed by atoms with Gasteiger partial charge in [-0.05, 0) is 19.4 Å². The average Bonchev–Trinajstić information content (AvgIpc) is 2.94. The lowest BCUT2D eigenvalue weighted by atomic mass is 10.1. The molecule has 21 heavy (non-hydrogen) atoms. The molecule has 0 aliphatic rings. The van der Waals surface area contributed by atoms with E-state index in [4.69, 9.17) is 4.74 Å². The van der Waals surface area contributed by atoms with Crippen molar-refractivity contribution in [3.63, 3.8) is 0 Å². The number of hydrogen-bond acceptors (Lipinski definition) is 5. The molecule has 0 unspecified atom stereocenters. The van der Waals surface area contributed by atoms with E-state index in [2.05, 4.69) is 22.4 Å². The van der Waals surface area contributed by atoms with Gasteiger partial charge in [0.15, 0.2) is 0 Å². The molecule has 1 rings (SSSR count). The van der Waals surface area contributed by atoms with Crippen LogP contribution in [0.5, 0.6) is 0 Å². The second-order valence-electron chi connectivity index (χ2n) is 5.45. The number of ether oxygens (including phenoxy) is 1. The van der Waals surface area contributed by atoms with Crippen molar-refractivity contribution in [2.24, 2.45) is 0 Å². The molecule has 0 fully saturated rings.